The van der Waals surface area contributed by atoms with Crippen LogP contribution in [0, 0.1) is 0 Å². The summed E-state index contributed by atoms with van der Waals surface area (Å²) in [5, 5.41) is 3.48. The second kappa shape index (κ2) is 6.14. The van der Waals surface area contributed by atoms with Gasteiger partial charge in [-0.25, -0.2) is 0 Å². The minimum absolute atomic E-state index is 0.0442. The van der Waals surface area contributed by atoms with E-state index in [0.717, 1.165) is 18.7 Å². The van der Waals surface area contributed by atoms with Gasteiger partial charge in [0.2, 0.25) is 0 Å². The molecule has 2 heterocycles. The lowest BCUT2D eigenvalue weighted by atomic mass is 9.99. The van der Waals surface area contributed by atoms with Crippen LogP contribution in [-0.4, -0.2) is 11.2 Å². The highest BCUT2D eigenvalue weighted by atomic mass is 16.5. The first-order valence-electron chi connectivity index (χ1n) is 7.40. The molecule has 0 spiro atoms. The number of aryl methyl sites for hydroxylation is 1. The first-order valence-corrected chi connectivity index (χ1v) is 7.40. The molecule has 3 rings (SSSR count). The van der Waals surface area contributed by atoms with Crippen LogP contribution in [0.5, 0.6) is 0 Å². The summed E-state index contributed by atoms with van der Waals surface area (Å²) < 4.78 is 7.40. The number of fused-ring (bicyclic) bond motifs is 1. The van der Waals surface area contributed by atoms with Gasteiger partial charge in [0.15, 0.2) is 0 Å². The minimum Gasteiger partial charge on any atom is -0.375 e. The summed E-state index contributed by atoms with van der Waals surface area (Å²) in [5.41, 5.74) is 3.50. The van der Waals surface area contributed by atoms with Gasteiger partial charge in [-0.15, -0.1) is 0 Å². The Labute approximate surface area is 124 Å². The number of nitrogens with zero attached hydrogens (tertiary/aromatic N) is 1. The van der Waals surface area contributed by atoms with Gasteiger partial charge in [0, 0.05) is 18.8 Å². The number of benzene rings is 1. The predicted octanol–water partition coefficient (Wildman–Crippen LogP) is 2.94. The SMILES string of the molecule is CCCn1cc(NC2COCc3ccccc32)ccc1=O. The maximum Gasteiger partial charge on any atom is 0.250 e. The van der Waals surface area contributed by atoms with Crippen molar-refractivity contribution in [2.75, 3.05) is 11.9 Å². The van der Waals surface area contributed by atoms with Crippen molar-refractivity contribution >= 4 is 5.69 Å². The van der Waals surface area contributed by atoms with Crippen molar-refractivity contribution in [1.29, 1.82) is 0 Å². The molecule has 21 heavy (non-hydrogen) atoms. The molecular weight excluding hydrogens is 264 g/mol. The van der Waals surface area contributed by atoms with Gasteiger partial charge in [0.25, 0.3) is 5.56 Å². The van der Waals surface area contributed by atoms with Gasteiger partial charge in [-0.2, -0.15) is 0 Å². The molecule has 110 valence electrons. The van der Waals surface area contributed by atoms with Crippen LogP contribution in [0.3, 0.4) is 0 Å². The van der Waals surface area contributed by atoms with E-state index >= 15 is 0 Å². The van der Waals surface area contributed by atoms with Crippen molar-refractivity contribution in [3.8, 4) is 0 Å². The lowest BCUT2D eigenvalue weighted by molar-refractivity contribution is 0.0970. The van der Waals surface area contributed by atoms with Crippen LogP contribution in [0.2, 0.25) is 0 Å². The van der Waals surface area contributed by atoms with Gasteiger partial charge in [-0.05, 0) is 23.6 Å². The normalized spacial score (nSPS) is 17.3. The number of aromatic nitrogens is 1. The number of pyridine rings is 1. The Hall–Kier alpha value is -2.07. The minimum atomic E-state index is 0.0442. The first kappa shape index (κ1) is 13.9. The van der Waals surface area contributed by atoms with Crippen molar-refractivity contribution < 1.29 is 4.74 Å². The largest absolute Gasteiger partial charge is 0.375 e. The molecule has 1 aromatic heterocycles. The summed E-state index contributed by atoms with van der Waals surface area (Å²) in [7, 11) is 0. The standard InChI is InChI=1S/C17H20N2O2/c1-2-9-19-10-14(7-8-17(19)20)18-16-12-21-11-13-5-3-4-6-15(13)16/h3-8,10,16,18H,2,9,11-12H2,1H3. The van der Waals surface area contributed by atoms with Crippen LogP contribution >= 0.6 is 0 Å². The molecule has 1 N–H and O–H groups in total. The van der Waals surface area contributed by atoms with Crippen LogP contribution in [0.15, 0.2) is 47.4 Å². The van der Waals surface area contributed by atoms with E-state index in [4.69, 9.17) is 4.74 Å². The van der Waals surface area contributed by atoms with E-state index in [0.29, 0.717) is 13.2 Å². The van der Waals surface area contributed by atoms with Crippen LogP contribution in [0.25, 0.3) is 0 Å². The van der Waals surface area contributed by atoms with Crippen LogP contribution < -0.4 is 10.9 Å². The van der Waals surface area contributed by atoms with Gasteiger partial charge < -0.3 is 14.6 Å². The summed E-state index contributed by atoms with van der Waals surface area (Å²) in [6, 6.07) is 11.9. The van der Waals surface area contributed by atoms with E-state index < -0.39 is 0 Å². The molecule has 1 aromatic carbocycles. The first-order chi connectivity index (χ1) is 10.3. The summed E-state index contributed by atoms with van der Waals surface area (Å²) in [6.07, 6.45) is 2.84. The van der Waals surface area contributed by atoms with E-state index in [2.05, 4.69) is 30.4 Å². The summed E-state index contributed by atoms with van der Waals surface area (Å²) in [5.74, 6) is 0. The van der Waals surface area contributed by atoms with E-state index in [1.54, 1.807) is 10.6 Å². The molecule has 0 saturated heterocycles. The Morgan fingerprint density at radius 2 is 2.14 bits per heavy atom. The van der Waals surface area contributed by atoms with Crippen LogP contribution in [0.1, 0.15) is 30.5 Å². The number of hydrogen-bond acceptors (Lipinski definition) is 3. The fraction of sp³-hybridized carbons (Fsp3) is 0.353. The highest BCUT2D eigenvalue weighted by Crippen LogP contribution is 2.27. The Morgan fingerprint density at radius 1 is 1.29 bits per heavy atom. The molecule has 0 bridgehead atoms. The molecular formula is C17H20N2O2. The number of anilines is 1. The Kier molecular flexibility index (Phi) is 4.06. The number of nitrogens with one attached hydrogen (secondary N) is 1. The third-order valence-corrected chi connectivity index (χ3v) is 3.76. The third kappa shape index (κ3) is 3.00. The van der Waals surface area contributed by atoms with Gasteiger partial charge in [0.1, 0.15) is 0 Å². The second-order valence-electron chi connectivity index (χ2n) is 5.36. The van der Waals surface area contributed by atoms with Crippen LogP contribution in [0.4, 0.5) is 5.69 Å². The Balaban J connectivity index is 1.85. The predicted molar refractivity (Wildman–Crippen MR) is 83.5 cm³/mol. The van der Waals surface area contributed by atoms with Gasteiger partial charge in [0.05, 0.1) is 24.9 Å². The van der Waals surface area contributed by atoms with Crippen molar-refractivity contribution in [2.45, 2.75) is 32.5 Å². The summed E-state index contributed by atoms with van der Waals surface area (Å²) in [4.78, 5) is 11.8. The average Bonchev–Trinajstić information content (AvgIpc) is 2.51. The number of hydrogen-bond donors (Lipinski definition) is 1. The molecule has 1 atom stereocenters. The monoisotopic (exact) mass is 284 g/mol. The van der Waals surface area contributed by atoms with Crippen LogP contribution in [-0.2, 0) is 17.9 Å². The molecule has 0 fully saturated rings. The lowest BCUT2D eigenvalue weighted by Gasteiger charge is -2.27. The second-order valence-corrected chi connectivity index (χ2v) is 5.36. The fourth-order valence-electron chi connectivity index (χ4n) is 2.74. The average molecular weight is 284 g/mol. The summed E-state index contributed by atoms with van der Waals surface area (Å²) in [6.45, 7) is 4.12. The molecule has 0 amide bonds. The number of ether oxygens (including phenoxy) is 1. The van der Waals surface area contributed by atoms with E-state index in [1.807, 2.05) is 18.3 Å². The van der Waals surface area contributed by atoms with Crippen molar-refractivity contribution in [2.24, 2.45) is 0 Å². The molecule has 1 aliphatic heterocycles. The van der Waals surface area contributed by atoms with Crippen molar-refractivity contribution in [3.63, 3.8) is 0 Å². The Bertz CT molecular complexity index is 678. The highest BCUT2D eigenvalue weighted by molar-refractivity contribution is 5.45. The molecule has 4 heteroatoms. The Morgan fingerprint density at radius 3 is 3.00 bits per heavy atom. The highest BCUT2D eigenvalue weighted by Gasteiger charge is 2.20. The van der Waals surface area contributed by atoms with E-state index in [-0.39, 0.29) is 11.6 Å². The molecule has 1 aliphatic rings. The molecule has 1 unspecified atom stereocenters. The zero-order valence-corrected chi connectivity index (χ0v) is 12.2. The van der Waals surface area contributed by atoms with E-state index in [1.165, 1.54) is 11.1 Å². The van der Waals surface area contributed by atoms with Gasteiger partial charge >= 0.3 is 0 Å². The third-order valence-electron chi connectivity index (χ3n) is 3.76. The summed E-state index contributed by atoms with van der Waals surface area (Å²) >= 11 is 0. The van der Waals surface area contributed by atoms with Crippen molar-refractivity contribution in [1.82, 2.24) is 4.57 Å². The smallest absolute Gasteiger partial charge is 0.250 e. The molecule has 0 saturated carbocycles. The fourth-order valence-corrected chi connectivity index (χ4v) is 2.74. The molecule has 0 radical (unpaired) electrons. The molecule has 4 nitrogen and oxygen atoms in total. The zero-order valence-electron chi connectivity index (χ0n) is 12.2. The molecule has 2 aromatic rings. The maximum absolute atomic E-state index is 11.8. The zero-order chi connectivity index (χ0) is 14.7. The topological polar surface area (TPSA) is 43.3 Å². The number of rotatable bonds is 4. The van der Waals surface area contributed by atoms with Gasteiger partial charge in [-0.3, -0.25) is 4.79 Å². The van der Waals surface area contributed by atoms with Crippen molar-refractivity contribution in [3.05, 3.63) is 64.1 Å². The quantitative estimate of drug-likeness (QED) is 0.938. The maximum atomic E-state index is 11.8. The lowest BCUT2D eigenvalue weighted by Crippen LogP contribution is -2.24. The van der Waals surface area contributed by atoms with Gasteiger partial charge in [-0.1, -0.05) is 31.2 Å². The molecule has 0 aliphatic carbocycles. The van der Waals surface area contributed by atoms with E-state index in [9.17, 15) is 4.79 Å².